The fourth-order valence-electron chi connectivity index (χ4n) is 9.41. The van der Waals surface area contributed by atoms with Crippen molar-refractivity contribution >= 4 is 34.6 Å². The SMILES string of the molecule is COc1ccc(CC(=O)N(CCc2cccs2)CC2(O)CCC3c4ccc(cc4C(=O)c4ccc(-c5cc(C(F)(F)F)ccc5Cl)o4)CC(O)CCC(C)=CCCC32C)cc1OC. The number of methoxy groups -OCH3 is 2. The molecule has 8 rings (SSSR count). The number of ketones is 1. The minimum atomic E-state index is -4.62. The Morgan fingerprint density at radius 1 is 0.984 bits per heavy atom. The highest BCUT2D eigenvalue weighted by molar-refractivity contribution is 7.09. The zero-order valence-electron chi connectivity index (χ0n) is 35.9. The van der Waals surface area contributed by atoms with Crippen molar-refractivity contribution in [2.24, 2.45) is 5.41 Å². The van der Waals surface area contributed by atoms with Crippen LogP contribution in [0.25, 0.3) is 11.3 Å². The topological polar surface area (TPSA) is 109 Å². The lowest BCUT2D eigenvalue weighted by molar-refractivity contribution is -0.139. The first-order valence-electron chi connectivity index (χ1n) is 21.2. The summed E-state index contributed by atoms with van der Waals surface area (Å²) in [6, 6.07) is 20.8. The molecule has 5 aromatic rings. The van der Waals surface area contributed by atoms with E-state index in [1.54, 1.807) is 48.7 Å². The van der Waals surface area contributed by atoms with Gasteiger partial charge in [0.2, 0.25) is 11.7 Å². The van der Waals surface area contributed by atoms with Gasteiger partial charge in [0.25, 0.3) is 0 Å². The number of thiophene rings is 1. The molecule has 1 saturated carbocycles. The summed E-state index contributed by atoms with van der Waals surface area (Å²) in [7, 11) is 3.10. The molecule has 0 radical (unpaired) electrons. The minimum absolute atomic E-state index is 0.00168. The van der Waals surface area contributed by atoms with Crippen LogP contribution in [0, 0.1) is 5.41 Å². The first-order chi connectivity index (χ1) is 30.0. The number of allylic oxidation sites excluding steroid dienone is 2. The van der Waals surface area contributed by atoms with Crippen molar-refractivity contribution in [3.05, 3.63) is 139 Å². The molecular weight excluding hydrogens is 851 g/mol. The monoisotopic (exact) mass is 903 g/mol. The van der Waals surface area contributed by atoms with Crippen molar-refractivity contribution in [1.29, 1.82) is 0 Å². The molecule has 2 bridgehead atoms. The molecule has 3 aromatic carbocycles. The first-order valence-corrected chi connectivity index (χ1v) is 22.5. The number of hydrogen-bond donors (Lipinski definition) is 2. The lowest BCUT2D eigenvalue weighted by Gasteiger charge is -2.46. The second kappa shape index (κ2) is 19.1. The Bertz CT molecular complexity index is 2460. The molecule has 0 spiro atoms. The van der Waals surface area contributed by atoms with Gasteiger partial charge in [-0.2, -0.15) is 13.2 Å². The van der Waals surface area contributed by atoms with Crippen molar-refractivity contribution in [2.75, 3.05) is 27.3 Å². The summed E-state index contributed by atoms with van der Waals surface area (Å²) in [6.45, 7) is 4.55. The molecule has 3 aliphatic rings. The molecule has 2 N–H and O–H groups in total. The Labute approximate surface area is 375 Å². The Kier molecular flexibility index (Phi) is 14.0. The summed E-state index contributed by atoms with van der Waals surface area (Å²) >= 11 is 7.98. The highest BCUT2D eigenvalue weighted by Crippen LogP contribution is 2.59. The zero-order valence-corrected chi connectivity index (χ0v) is 37.5. The minimum Gasteiger partial charge on any atom is -0.493 e. The number of rotatable bonds is 12. The Morgan fingerprint density at radius 3 is 2.51 bits per heavy atom. The van der Waals surface area contributed by atoms with Gasteiger partial charge in [0.1, 0.15) is 5.76 Å². The quantitative estimate of drug-likeness (QED) is 0.0948. The third-order valence-electron chi connectivity index (χ3n) is 13.1. The summed E-state index contributed by atoms with van der Waals surface area (Å²) in [6.07, 6.45) is 1.04. The van der Waals surface area contributed by atoms with Crippen LogP contribution < -0.4 is 9.47 Å². The molecule has 0 aliphatic heterocycles. The normalized spacial score (nSPS) is 21.7. The average Bonchev–Trinajstić information content (AvgIpc) is 4.02. The standard InChI is InChI=1S/C50H53ClF3NO7S/c1-31-7-5-21-48(2)40(19-22-49(48,59)30-55(23-20-36-8-6-24-63-36)46(57)28-33-11-16-43(60-3)45(27-33)61-4)37-14-10-32(25-35(56)13-9-31)26-38(37)47(58)44-18-17-42(62-44)39-29-34(50(52,53)54)12-15-41(39)51/h6-8,10-12,14-18,24,26-27,29,35,40,56,59H,5,9,13,19-23,25,28,30H2,1-4H3. The lowest BCUT2D eigenvalue weighted by atomic mass is 9.64. The number of carbonyl (C=O) groups is 2. The number of fused-ring (bicyclic) bond motifs is 8. The van der Waals surface area contributed by atoms with Crippen molar-refractivity contribution in [3.63, 3.8) is 0 Å². The molecular formula is C50H53ClF3NO7S. The van der Waals surface area contributed by atoms with Crippen LogP contribution in [0.5, 0.6) is 11.5 Å². The highest BCUT2D eigenvalue weighted by Gasteiger charge is 2.57. The molecule has 1 amide bonds. The summed E-state index contributed by atoms with van der Waals surface area (Å²) in [5.74, 6) is -0.0141. The fraction of sp³-hybridized carbons (Fsp3) is 0.400. The predicted octanol–water partition coefficient (Wildman–Crippen LogP) is 11.3. The molecule has 3 aliphatic carbocycles. The number of nitrogens with zero attached hydrogens (tertiary/aromatic N) is 1. The van der Waals surface area contributed by atoms with Gasteiger partial charge in [-0.3, -0.25) is 9.59 Å². The average molecular weight is 904 g/mol. The number of benzene rings is 3. The number of furan rings is 1. The lowest BCUT2D eigenvalue weighted by Crippen LogP contribution is -2.54. The maximum atomic E-state index is 14.7. The highest BCUT2D eigenvalue weighted by atomic mass is 35.5. The molecule has 63 heavy (non-hydrogen) atoms. The van der Waals surface area contributed by atoms with Gasteiger partial charge in [-0.1, -0.05) is 54.4 Å². The van der Waals surface area contributed by atoms with Gasteiger partial charge in [0.05, 0.1) is 42.9 Å². The van der Waals surface area contributed by atoms with E-state index in [0.717, 1.165) is 39.8 Å². The predicted molar refractivity (Wildman–Crippen MR) is 239 cm³/mol. The van der Waals surface area contributed by atoms with Gasteiger partial charge in [0.15, 0.2) is 17.3 Å². The Hall–Kier alpha value is -4.88. The van der Waals surface area contributed by atoms with Crippen molar-refractivity contribution in [3.8, 4) is 22.8 Å². The van der Waals surface area contributed by atoms with Crippen LogP contribution in [0.2, 0.25) is 5.02 Å². The molecule has 1 fully saturated rings. The van der Waals surface area contributed by atoms with Gasteiger partial charge in [-0.15, -0.1) is 11.3 Å². The van der Waals surface area contributed by atoms with Crippen molar-refractivity contribution in [1.82, 2.24) is 4.90 Å². The number of aliphatic hydroxyl groups excluding tert-OH is 1. The number of halogens is 4. The summed E-state index contributed by atoms with van der Waals surface area (Å²) in [5.41, 5.74) is 0.472. The largest absolute Gasteiger partial charge is 0.493 e. The van der Waals surface area contributed by atoms with Crippen molar-refractivity contribution < 1.29 is 46.9 Å². The van der Waals surface area contributed by atoms with Gasteiger partial charge in [-0.25, -0.2) is 0 Å². The number of hydrogen-bond acceptors (Lipinski definition) is 8. The van der Waals surface area contributed by atoms with E-state index in [1.807, 2.05) is 42.6 Å². The maximum absolute atomic E-state index is 14.7. The molecule has 8 nitrogen and oxygen atoms in total. The van der Waals surface area contributed by atoms with Crippen LogP contribution in [-0.2, 0) is 30.2 Å². The van der Waals surface area contributed by atoms with Gasteiger partial charge in [0, 0.05) is 34.5 Å². The van der Waals surface area contributed by atoms with Crippen LogP contribution in [0.4, 0.5) is 13.2 Å². The summed E-state index contributed by atoms with van der Waals surface area (Å²) in [4.78, 5) is 32.1. The van der Waals surface area contributed by atoms with E-state index in [4.69, 9.17) is 25.5 Å². The zero-order chi connectivity index (χ0) is 45.1. The van der Waals surface area contributed by atoms with Gasteiger partial charge >= 0.3 is 6.18 Å². The van der Waals surface area contributed by atoms with Crippen LogP contribution in [-0.4, -0.2) is 65.8 Å². The van der Waals surface area contributed by atoms with Crippen LogP contribution >= 0.6 is 22.9 Å². The molecule has 2 aromatic heterocycles. The van der Waals surface area contributed by atoms with E-state index in [1.165, 1.54) is 12.1 Å². The number of alkyl halides is 3. The second-order valence-corrected chi connectivity index (χ2v) is 18.6. The summed E-state index contributed by atoms with van der Waals surface area (Å²) < 4.78 is 58.0. The number of aliphatic hydroxyl groups is 2. The molecule has 13 heteroatoms. The van der Waals surface area contributed by atoms with E-state index < -0.39 is 34.6 Å². The number of amides is 1. The van der Waals surface area contributed by atoms with Gasteiger partial charge < -0.3 is 29.0 Å². The molecule has 2 heterocycles. The van der Waals surface area contributed by atoms with Gasteiger partial charge in [-0.05, 0) is 141 Å². The third-order valence-corrected chi connectivity index (χ3v) is 14.4. The first kappa shape index (κ1) is 46.1. The third kappa shape index (κ3) is 10.1. The van der Waals surface area contributed by atoms with E-state index in [0.29, 0.717) is 80.5 Å². The maximum Gasteiger partial charge on any atom is 0.416 e. The van der Waals surface area contributed by atoms with Crippen LogP contribution in [0.15, 0.2) is 100 Å². The van der Waals surface area contributed by atoms with E-state index in [2.05, 4.69) is 13.0 Å². The Balaban J connectivity index is 1.27. The summed E-state index contributed by atoms with van der Waals surface area (Å²) in [5, 5.41) is 26.3. The molecule has 4 atom stereocenters. The second-order valence-electron chi connectivity index (χ2n) is 17.1. The number of carbonyl (C=O) groups excluding carboxylic acids is 2. The van der Waals surface area contributed by atoms with Crippen molar-refractivity contribution in [2.45, 2.75) is 95.4 Å². The molecule has 4 unspecified atom stereocenters. The Morgan fingerprint density at radius 2 is 1.78 bits per heavy atom. The van der Waals surface area contributed by atoms with E-state index in [9.17, 15) is 33.0 Å². The number of ether oxygens (including phenoxy) is 2. The van der Waals surface area contributed by atoms with E-state index >= 15 is 0 Å². The fourth-order valence-corrected chi connectivity index (χ4v) is 10.3. The van der Waals surface area contributed by atoms with E-state index in [-0.39, 0.29) is 46.9 Å². The molecule has 334 valence electrons. The van der Waals surface area contributed by atoms with Crippen LogP contribution in [0.3, 0.4) is 0 Å². The van der Waals surface area contributed by atoms with Crippen LogP contribution in [0.1, 0.15) is 102 Å². The molecule has 0 saturated heterocycles. The smallest absolute Gasteiger partial charge is 0.416 e.